The molecule has 0 aliphatic carbocycles. The van der Waals surface area contributed by atoms with Gasteiger partial charge in [-0.2, -0.15) is 0 Å². The second-order valence-corrected chi connectivity index (χ2v) is 7.76. The molecule has 156 valence electrons. The number of likely N-dealkylation sites (N-methyl/N-ethyl adjacent to an activating group) is 1. The lowest BCUT2D eigenvalue weighted by Crippen LogP contribution is -2.19. The average molecular weight is 400 g/mol. The second-order valence-electron chi connectivity index (χ2n) is 7.76. The molecule has 2 heteroatoms. The summed E-state index contributed by atoms with van der Waals surface area (Å²) < 4.78 is 5.92. The van der Waals surface area contributed by atoms with Crippen molar-refractivity contribution in [2.24, 2.45) is 0 Å². The summed E-state index contributed by atoms with van der Waals surface area (Å²) in [6.07, 6.45) is 1.98. The zero-order valence-electron chi connectivity index (χ0n) is 18.7. The molecule has 0 heterocycles. The molecule has 0 bridgehead atoms. The van der Waals surface area contributed by atoms with E-state index in [0.717, 1.165) is 25.1 Å². The van der Waals surface area contributed by atoms with E-state index < -0.39 is 0 Å². The number of aryl methyl sites for hydroxylation is 1. The lowest BCUT2D eigenvalue weighted by molar-refractivity contribution is 0.261. The molecule has 0 saturated heterocycles. The second kappa shape index (κ2) is 10.8. The summed E-state index contributed by atoms with van der Waals surface area (Å²) in [7, 11) is 4.12. The summed E-state index contributed by atoms with van der Waals surface area (Å²) in [5.74, 6) is 0.918. The van der Waals surface area contributed by atoms with Crippen LogP contribution >= 0.6 is 0 Å². The van der Waals surface area contributed by atoms with Crippen LogP contribution in [-0.4, -0.2) is 32.1 Å². The summed E-state index contributed by atoms with van der Waals surface area (Å²) in [6.45, 7) is 6.07. The van der Waals surface area contributed by atoms with E-state index in [1.54, 1.807) is 0 Å². The van der Waals surface area contributed by atoms with E-state index in [2.05, 4.69) is 112 Å². The number of hydrogen-bond donors (Lipinski definition) is 0. The molecule has 3 rings (SSSR count). The monoisotopic (exact) mass is 399 g/mol. The van der Waals surface area contributed by atoms with Crippen LogP contribution < -0.4 is 4.74 Å². The Labute approximate surface area is 181 Å². The largest absolute Gasteiger partial charge is 0.492 e. The normalized spacial score (nSPS) is 12.0. The van der Waals surface area contributed by atoms with Gasteiger partial charge >= 0.3 is 0 Å². The summed E-state index contributed by atoms with van der Waals surface area (Å²) in [5, 5.41) is 0. The molecule has 0 aromatic heterocycles. The average Bonchev–Trinajstić information content (AvgIpc) is 2.78. The Morgan fingerprint density at radius 2 is 1.43 bits per heavy atom. The molecule has 0 radical (unpaired) electrons. The van der Waals surface area contributed by atoms with E-state index in [1.165, 1.54) is 33.4 Å². The maximum absolute atomic E-state index is 5.92. The summed E-state index contributed by atoms with van der Waals surface area (Å²) in [4.78, 5) is 2.13. The first-order chi connectivity index (χ1) is 14.6. The van der Waals surface area contributed by atoms with Crippen LogP contribution in [0.25, 0.3) is 11.1 Å². The van der Waals surface area contributed by atoms with Crippen molar-refractivity contribution >= 4 is 11.1 Å². The quantitative estimate of drug-likeness (QED) is 0.378. The summed E-state index contributed by atoms with van der Waals surface area (Å²) in [5.41, 5.74) is 7.91. The minimum absolute atomic E-state index is 0.692. The zero-order valence-corrected chi connectivity index (χ0v) is 18.7. The number of benzene rings is 3. The summed E-state index contributed by atoms with van der Waals surface area (Å²) >= 11 is 0. The minimum atomic E-state index is 0.692. The fourth-order valence-electron chi connectivity index (χ4n) is 3.79. The standard InChI is InChI=1S/C28H33NO/c1-5-22-12-10-11-15-27(22)28(26(6-2)23-13-8-7-9-14-23)24-16-18-25(19-17-24)30-21-20-29(3)4/h7-19H,5-6,20-21H2,1-4H3/b28-26+. The maximum atomic E-state index is 5.92. The molecule has 0 N–H and O–H groups in total. The van der Waals surface area contributed by atoms with Gasteiger partial charge in [-0.15, -0.1) is 0 Å². The van der Waals surface area contributed by atoms with Gasteiger partial charge in [-0.3, -0.25) is 0 Å². The van der Waals surface area contributed by atoms with Gasteiger partial charge in [0.1, 0.15) is 12.4 Å². The Balaban J connectivity index is 2.08. The van der Waals surface area contributed by atoms with Gasteiger partial charge in [0, 0.05) is 6.54 Å². The van der Waals surface area contributed by atoms with Crippen LogP contribution in [0.1, 0.15) is 42.5 Å². The van der Waals surface area contributed by atoms with Crippen molar-refractivity contribution < 1.29 is 4.74 Å². The molecule has 3 aromatic carbocycles. The smallest absolute Gasteiger partial charge is 0.119 e. The topological polar surface area (TPSA) is 12.5 Å². The number of hydrogen-bond acceptors (Lipinski definition) is 2. The van der Waals surface area contributed by atoms with Gasteiger partial charge in [0.25, 0.3) is 0 Å². The SMILES string of the molecule is CC/C(=C(/c1ccc(OCCN(C)C)cc1)c1ccccc1CC)c1ccccc1. The predicted octanol–water partition coefficient (Wildman–Crippen LogP) is 6.56. The highest BCUT2D eigenvalue weighted by atomic mass is 16.5. The van der Waals surface area contributed by atoms with Crippen molar-refractivity contribution in [1.82, 2.24) is 4.90 Å². The molecular weight excluding hydrogens is 366 g/mol. The lowest BCUT2D eigenvalue weighted by Gasteiger charge is -2.19. The molecule has 0 fully saturated rings. The van der Waals surface area contributed by atoms with Crippen LogP contribution in [0, 0.1) is 0 Å². The van der Waals surface area contributed by atoms with E-state index in [9.17, 15) is 0 Å². The van der Waals surface area contributed by atoms with Crippen molar-refractivity contribution in [3.63, 3.8) is 0 Å². The van der Waals surface area contributed by atoms with Gasteiger partial charge in [-0.25, -0.2) is 0 Å². The van der Waals surface area contributed by atoms with Crippen LogP contribution in [0.15, 0.2) is 78.9 Å². The first kappa shape index (κ1) is 21.9. The molecular formula is C28H33NO. The highest BCUT2D eigenvalue weighted by Gasteiger charge is 2.15. The molecule has 0 unspecified atom stereocenters. The van der Waals surface area contributed by atoms with Crippen molar-refractivity contribution in [2.45, 2.75) is 26.7 Å². The Morgan fingerprint density at radius 3 is 2.07 bits per heavy atom. The molecule has 30 heavy (non-hydrogen) atoms. The zero-order chi connectivity index (χ0) is 21.3. The van der Waals surface area contributed by atoms with Gasteiger partial charge in [0.2, 0.25) is 0 Å². The van der Waals surface area contributed by atoms with E-state index in [0.29, 0.717) is 6.61 Å². The van der Waals surface area contributed by atoms with Crippen LogP contribution in [0.2, 0.25) is 0 Å². The van der Waals surface area contributed by atoms with E-state index in [4.69, 9.17) is 4.74 Å². The first-order valence-corrected chi connectivity index (χ1v) is 10.9. The van der Waals surface area contributed by atoms with Gasteiger partial charge in [-0.05, 0) is 72.5 Å². The van der Waals surface area contributed by atoms with Gasteiger partial charge in [0.05, 0.1) is 0 Å². The third kappa shape index (κ3) is 5.40. The first-order valence-electron chi connectivity index (χ1n) is 10.9. The molecule has 2 nitrogen and oxygen atoms in total. The van der Waals surface area contributed by atoms with E-state index in [1.807, 2.05) is 0 Å². The molecule has 0 atom stereocenters. The molecule has 3 aromatic rings. The Hall–Kier alpha value is -2.84. The fourth-order valence-corrected chi connectivity index (χ4v) is 3.79. The highest BCUT2D eigenvalue weighted by Crippen LogP contribution is 2.36. The van der Waals surface area contributed by atoms with E-state index >= 15 is 0 Å². The van der Waals surface area contributed by atoms with Gasteiger partial charge < -0.3 is 9.64 Å². The highest BCUT2D eigenvalue weighted by molar-refractivity contribution is 5.99. The number of nitrogens with zero attached hydrogens (tertiary/aromatic N) is 1. The Kier molecular flexibility index (Phi) is 7.87. The van der Waals surface area contributed by atoms with E-state index in [-0.39, 0.29) is 0 Å². The molecule has 0 spiro atoms. The number of allylic oxidation sites excluding steroid dienone is 1. The molecule has 0 aliphatic heterocycles. The van der Waals surface area contributed by atoms with Crippen LogP contribution in [0.3, 0.4) is 0 Å². The minimum Gasteiger partial charge on any atom is -0.492 e. The number of ether oxygens (including phenoxy) is 1. The fraction of sp³-hybridized carbons (Fsp3) is 0.286. The van der Waals surface area contributed by atoms with Crippen LogP contribution in [0.5, 0.6) is 5.75 Å². The number of rotatable bonds is 9. The third-order valence-corrected chi connectivity index (χ3v) is 5.40. The molecule has 0 amide bonds. The summed E-state index contributed by atoms with van der Waals surface area (Å²) in [6, 6.07) is 28.1. The van der Waals surface area contributed by atoms with Crippen molar-refractivity contribution in [3.05, 3.63) is 101 Å². The van der Waals surface area contributed by atoms with Gasteiger partial charge in [0.15, 0.2) is 0 Å². The third-order valence-electron chi connectivity index (χ3n) is 5.40. The van der Waals surface area contributed by atoms with Crippen molar-refractivity contribution in [2.75, 3.05) is 27.2 Å². The van der Waals surface area contributed by atoms with Crippen LogP contribution in [-0.2, 0) is 6.42 Å². The lowest BCUT2D eigenvalue weighted by atomic mass is 9.85. The molecule has 0 saturated carbocycles. The van der Waals surface area contributed by atoms with Gasteiger partial charge in [-0.1, -0.05) is 80.6 Å². The Morgan fingerprint density at radius 1 is 0.767 bits per heavy atom. The van der Waals surface area contributed by atoms with Crippen molar-refractivity contribution in [3.8, 4) is 5.75 Å². The van der Waals surface area contributed by atoms with Crippen molar-refractivity contribution in [1.29, 1.82) is 0 Å². The predicted molar refractivity (Wildman–Crippen MR) is 129 cm³/mol. The Bertz CT molecular complexity index is 955. The maximum Gasteiger partial charge on any atom is 0.119 e. The molecule has 0 aliphatic rings. The van der Waals surface area contributed by atoms with Crippen LogP contribution in [0.4, 0.5) is 0 Å².